The maximum atomic E-state index is 12.0. The molecular weight excluding hydrogens is 207 g/mol. The van der Waals surface area contributed by atoms with Gasteiger partial charge in [-0.15, -0.1) is 0 Å². The van der Waals surface area contributed by atoms with E-state index in [1.165, 1.54) is 4.90 Å². The lowest BCUT2D eigenvalue weighted by Crippen LogP contribution is -2.33. The lowest BCUT2D eigenvalue weighted by molar-refractivity contribution is -0.160. The van der Waals surface area contributed by atoms with Crippen molar-refractivity contribution in [3.05, 3.63) is 0 Å². The van der Waals surface area contributed by atoms with Gasteiger partial charge in [-0.05, 0) is 24.7 Å². The van der Waals surface area contributed by atoms with Gasteiger partial charge in [0.05, 0.1) is 0 Å². The van der Waals surface area contributed by atoms with Crippen LogP contribution in [-0.4, -0.2) is 30.1 Å². The number of hydrogen-bond donors (Lipinski definition) is 0. The lowest BCUT2D eigenvalue weighted by atomic mass is 10.0. The van der Waals surface area contributed by atoms with Gasteiger partial charge in [0, 0.05) is 13.1 Å². The fraction of sp³-hybridized carbons (Fsp3) is 0.900. The van der Waals surface area contributed by atoms with E-state index in [1.807, 2.05) is 0 Å². The van der Waals surface area contributed by atoms with E-state index >= 15 is 0 Å². The van der Waals surface area contributed by atoms with Crippen molar-refractivity contribution >= 4 is 5.91 Å². The van der Waals surface area contributed by atoms with Crippen LogP contribution in [0.2, 0.25) is 0 Å². The Balaban J connectivity index is 1.88. The minimum atomic E-state index is -4.37. The third kappa shape index (κ3) is 2.44. The normalized spacial score (nSPS) is 30.7. The van der Waals surface area contributed by atoms with Crippen LogP contribution in [0, 0.1) is 11.8 Å². The number of nitrogens with zero attached hydrogens (tertiary/aromatic N) is 1. The predicted molar refractivity (Wildman–Crippen MR) is 48.1 cm³/mol. The molecule has 0 radical (unpaired) electrons. The molecule has 2 rings (SSSR count). The lowest BCUT2D eigenvalue weighted by Gasteiger charge is -2.18. The zero-order chi connectivity index (χ0) is 11.1. The second kappa shape index (κ2) is 3.68. The van der Waals surface area contributed by atoms with Gasteiger partial charge in [0.1, 0.15) is 6.42 Å². The molecule has 1 amide bonds. The van der Waals surface area contributed by atoms with Crippen LogP contribution in [0.15, 0.2) is 0 Å². The molecule has 0 unspecified atom stereocenters. The Hall–Kier alpha value is -0.740. The van der Waals surface area contributed by atoms with Gasteiger partial charge < -0.3 is 4.90 Å². The number of alkyl halides is 3. The molecule has 0 aromatic rings. The number of carbonyl (C=O) groups is 1. The molecule has 0 N–H and O–H groups in total. The fourth-order valence-electron chi connectivity index (χ4n) is 2.72. The summed E-state index contributed by atoms with van der Waals surface area (Å²) < 4.78 is 36.0. The van der Waals surface area contributed by atoms with Crippen molar-refractivity contribution in [1.82, 2.24) is 4.90 Å². The molecule has 86 valence electrons. The first-order valence-corrected chi connectivity index (χ1v) is 5.30. The maximum absolute atomic E-state index is 12.0. The van der Waals surface area contributed by atoms with E-state index in [0.717, 1.165) is 19.3 Å². The summed E-state index contributed by atoms with van der Waals surface area (Å²) in [5, 5.41) is 0. The Kier molecular flexibility index (Phi) is 2.64. The second-order valence-corrected chi connectivity index (χ2v) is 4.54. The Labute approximate surface area is 86.4 Å². The van der Waals surface area contributed by atoms with Crippen LogP contribution in [-0.2, 0) is 4.79 Å². The van der Waals surface area contributed by atoms with Gasteiger partial charge in [0.2, 0.25) is 5.91 Å². The van der Waals surface area contributed by atoms with Gasteiger partial charge in [-0.3, -0.25) is 4.79 Å². The van der Waals surface area contributed by atoms with Crippen LogP contribution in [0.3, 0.4) is 0 Å². The Morgan fingerprint density at radius 1 is 1.20 bits per heavy atom. The predicted octanol–water partition coefficient (Wildman–Crippen LogP) is 2.20. The number of carbonyl (C=O) groups excluding carboxylic acids is 1. The minimum absolute atomic E-state index is 0.460. The highest BCUT2D eigenvalue weighted by atomic mass is 19.4. The third-order valence-electron chi connectivity index (χ3n) is 3.43. The Bertz CT molecular complexity index is 252. The van der Waals surface area contributed by atoms with E-state index in [9.17, 15) is 18.0 Å². The first kappa shape index (κ1) is 10.8. The first-order valence-electron chi connectivity index (χ1n) is 5.30. The molecule has 1 aliphatic carbocycles. The van der Waals surface area contributed by atoms with Crippen molar-refractivity contribution in [2.24, 2.45) is 11.8 Å². The van der Waals surface area contributed by atoms with Gasteiger partial charge in [-0.1, -0.05) is 6.42 Å². The number of fused-ring (bicyclic) bond motifs is 1. The second-order valence-electron chi connectivity index (χ2n) is 4.54. The molecule has 1 aliphatic heterocycles. The van der Waals surface area contributed by atoms with Crippen molar-refractivity contribution < 1.29 is 18.0 Å². The summed E-state index contributed by atoms with van der Waals surface area (Å²) in [6.45, 7) is 1.08. The molecule has 15 heavy (non-hydrogen) atoms. The zero-order valence-corrected chi connectivity index (χ0v) is 8.39. The van der Waals surface area contributed by atoms with E-state index in [-0.39, 0.29) is 0 Å². The molecule has 0 spiro atoms. The van der Waals surface area contributed by atoms with Crippen LogP contribution < -0.4 is 0 Å². The highest BCUT2D eigenvalue weighted by molar-refractivity contribution is 5.77. The topological polar surface area (TPSA) is 20.3 Å². The average Bonchev–Trinajstić information content (AvgIpc) is 2.56. The van der Waals surface area contributed by atoms with E-state index in [2.05, 4.69) is 0 Å². The summed E-state index contributed by atoms with van der Waals surface area (Å²) in [6, 6.07) is 0. The molecule has 5 heteroatoms. The molecule has 1 saturated heterocycles. The smallest absolute Gasteiger partial charge is 0.342 e. The molecule has 2 aliphatic rings. The molecule has 1 saturated carbocycles. The minimum Gasteiger partial charge on any atom is -0.342 e. The summed E-state index contributed by atoms with van der Waals surface area (Å²) >= 11 is 0. The van der Waals surface area contributed by atoms with Crippen LogP contribution in [0.1, 0.15) is 25.7 Å². The Morgan fingerprint density at radius 2 is 1.73 bits per heavy atom. The molecule has 2 atom stereocenters. The van der Waals surface area contributed by atoms with Crippen LogP contribution >= 0.6 is 0 Å². The highest BCUT2D eigenvalue weighted by Crippen LogP contribution is 2.38. The summed E-state index contributed by atoms with van der Waals surface area (Å²) in [7, 11) is 0. The summed E-state index contributed by atoms with van der Waals surface area (Å²) in [6.07, 6.45) is -2.36. The number of halogens is 3. The van der Waals surface area contributed by atoms with Crippen molar-refractivity contribution in [2.45, 2.75) is 31.9 Å². The quantitative estimate of drug-likeness (QED) is 0.664. The largest absolute Gasteiger partial charge is 0.397 e. The van der Waals surface area contributed by atoms with Crippen LogP contribution in [0.4, 0.5) is 13.2 Å². The number of hydrogen-bond acceptors (Lipinski definition) is 1. The molecule has 2 nitrogen and oxygen atoms in total. The van der Waals surface area contributed by atoms with E-state index < -0.39 is 18.5 Å². The number of rotatable bonds is 1. The summed E-state index contributed by atoms with van der Waals surface area (Å²) in [5.74, 6) is 0.168. The van der Waals surface area contributed by atoms with Crippen molar-refractivity contribution in [2.75, 3.05) is 13.1 Å². The van der Waals surface area contributed by atoms with Crippen LogP contribution in [0.5, 0.6) is 0 Å². The maximum Gasteiger partial charge on any atom is 0.397 e. The SMILES string of the molecule is O=C(CC(F)(F)F)N1C[C@H]2CCC[C@H]2C1. The van der Waals surface area contributed by atoms with E-state index in [0.29, 0.717) is 24.9 Å². The van der Waals surface area contributed by atoms with E-state index in [4.69, 9.17) is 0 Å². The van der Waals surface area contributed by atoms with Gasteiger partial charge >= 0.3 is 6.18 Å². The average molecular weight is 221 g/mol. The standard InChI is InChI=1S/C10H14F3NO/c11-10(12,13)4-9(15)14-5-7-2-1-3-8(7)6-14/h7-8H,1-6H2/t7-,8+. The van der Waals surface area contributed by atoms with Gasteiger partial charge in [-0.25, -0.2) is 0 Å². The summed E-state index contributed by atoms with van der Waals surface area (Å²) in [5.41, 5.74) is 0. The summed E-state index contributed by atoms with van der Waals surface area (Å²) in [4.78, 5) is 12.7. The van der Waals surface area contributed by atoms with Crippen molar-refractivity contribution in [1.29, 1.82) is 0 Å². The Morgan fingerprint density at radius 3 is 2.20 bits per heavy atom. The zero-order valence-electron chi connectivity index (χ0n) is 8.39. The van der Waals surface area contributed by atoms with Gasteiger partial charge in [0.25, 0.3) is 0 Å². The third-order valence-corrected chi connectivity index (χ3v) is 3.43. The first-order chi connectivity index (χ1) is 6.96. The molecule has 0 aromatic heterocycles. The monoisotopic (exact) mass is 221 g/mol. The number of likely N-dealkylation sites (tertiary alicyclic amines) is 1. The molecule has 0 bridgehead atoms. The van der Waals surface area contributed by atoms with Crippen LogP contribution in [0.25, 0.3) is 0 Å². The van der Waals surface area contributed by atoms with Crippen molar-refractivity contribution in [3.63, 3.8) is 0 Å². The fourth-order valence-corrected chi connectivity index (χ4v) is 2.72. The molecule has 1 heterocycles. The van der Waals surface area contributed by atoms with E-state index in [1.54, 1.807) is 0 Å². The highest BCUT2D eigenvalue weighted by Gasteiger charge is 2.41. The number of amides is 1. The molecule has 0 aromatic carbocycles. The van der Waals surface area contributed by atoms with Gasteiger partial charge in [-0.2, -0.15) is 13.2 Å². The molecular formula is C10H14F3NO. The molecule has 2 fully saturated rings. The van der Waals surface area contributed by atoms with Crippen molar-refractivity contribution in [3.8, 4) is 0 Å². The van der Waals surface area contributed by atoms with Gasteiger partial charge in [0.15, 0.2) is 0 Å².